The second kappa shape index (κ2) is 6.17. The van der Waals surface area contributed by atoms with Crippen LogP contribution in [0.2, 0.25) is 0 Å². The van der Waals surface area contributed by atoms with Gasteiger partial charge in [0.25, 0.3) is 0 Å². The largest absolute Gasteiger partial charge is 0.482 e. The van der Waals surface area contributed by atoms with E-state index in [9.17, 15) is 10.1 Å². The number of nitrogens with zero attached hydrogens (tertiary/aromatic N) is 2. The molecule has 0 aliphatic heterocycles. The zero-order chi connectivity index (χ0) is 14.5. The van der Waals surface area contributed by atoms with E-state index >= 15 is 0 Å². The Balaban J connectivity index is 2.19. The van der Waals surface area contributed by atoms with Gasteiger partial charge in [0, 0.05) is 10.5 Å². The summed E-state index contributed by atoms with van der Waals surface area (Å²) >= 11 is 3.33. The third-order valence-electron chi connectivity index (χ3n) is 2.59. The van der Waals surface area contributed by atoms with Gasteiger partial charge in [-0.05, 0) is 29.8 Å². The van der Waals surface area contributed by atoms with Crippen molar-refractivity contribution >= 4 is 21.6 Å². The Morgan fingerprint density at radius 1 is 1.25 bits per heavy atom. The van der Waals surface area contributed by atoms with E-state index in [0.29, 0.717) is 0 Å². The molecule has 0 unspecified atom stereocenters. The highest BCUT2D eigenvalue weighted by Crippen LogP contribution is 2.28. The summed E-state index contributed by atoms with van der Waals surface area (Å²) in [5.41, 5.74) is 0.917. The van der Waals surface area contributed by atoms with Crippen LogP contribution in [0, 0.1) is 21.4 Å². The van der Waals surface area contributed by atoms with Crippen molar-refractivity contribution in [2.45, 2.75) is 6.61 Å². The first-order chi connectivity index (χ1) is 9.60. The molecule has 5 nitrogen and oxygen atoms in total. The van der Waals surface area contributed by atoms with Crippen LogP contribution in [0.25, 0.3) is 0 Å². The standard InChI is InChI=1S/C14H9BrN2O3/c15-12-4-1-10(2-5-12)9-20-14-6-3-11(8-16)7-13(14)17(18)19/h1-7H,9H2. The Morgan fingerprint density at radius 2 is 1.95 bits per heavy atom. The van der Waals surface area contributed by atoms with Gasteiger partial charge in [0.15, 0.2) is 5.75 Å². The van der Waals surface area contributed by atoms with Gasteiger partial charge in [-0.15, -0.1) is 0 Å². The molecule has 2 aromatic rings. The molecule has 0 radical (unpaired) electrons. The molecule has 0 spiro atoms. The normalized spacial score (nSPS) is 9.80. The SMILES string of the molecule is N#Cc1ccc(OCc2ccc(Br)cc2)c([N+](=O)[O-])c1. The maximum atomic E-state index is 11.0. The molecule has 0 aliphatic carbocycles. The van der Waals surface area contributed by atoms with E-state index in [2.05, 4.69) is 15.9 Å². The van der Waals surface area contributed by atoms with Crippen molar-refractivity contribution in [2.75, 3.05) is 0 Å². The molecule has 0 N–H and O–H groups in total. The summed E-state index contributed by atoms with van der Waals surface area (Å²) in [7, 11) is 0. The molecule has 0 saturated heterocycles. The number of nitro groups is 1. The smallest absolute Gasteiger partial charge is 0.312 e. The van der Waals surface area contributed by atoms with Crippen LogP contribution in [0.4, 0.5) is 5.69 Å². The Bertz CT molecular complexity index is 678. The van der Waals surface area contributed by atoms with Crippen LogP contribution < -0.4 is 4.74 Å². The fraction of sp³-hybridized carbons (Fsp3) is 0.0714. The molecule has 0 aromatic heterocycles. The lowest BCUT2D eigenvalue weighted by Gasteiger charge is -2.07. The second-order valence-electron chi connectivity index (χ2n) is 3.97. The third kappa shape index (κ3) is 3.33. The maximum absolute atomic E-state index is 11.0. The molecule has 0 heterocycles. The molecule has 0 bridgehead atoms. The summed E-state index contributed by atoms with van der Waals surface area (Å²) in [6.07, 6.45) is 0. The predicted molar refractivity (Wildman–Crippen MR) is 76.3 cm³/mol. The van der Waals surface area contributed by atoms with Crippen molar-refractivity contribution in [3.05, 3.63) is 68.2 Å². The molecule has 6 heteroatoms. The molecule has 0 fully saturated rings. The quantitative estimate of drug-likeness (QED) is 0.630. The number of halogens is 1. The summed E-state index contributed by atoms with van der Waals surface area (Å²) in [5.74, 6) is 0.150. The fourth-order valence-corrected chi connectivity index (χ4v) is 1.86. The van der Waals surface area contributed by atoms with E-state index in [0.717, 1.165) is 10.0 Å². The highest BCUT2D eigenvalue weighted by Gasteiger charge is 2.16. The number of hydrogen-bond acceptors (Lipinski definition) is 4. The van der Waals surface area contributed by atoms with Gasteiger partial charge in [-0.3, -0.25) is 10.1 Å². The fourth-order valence-electron chi connectivity index (χ4n) is 1.59. The topological polar surface area (TPSA) is 76.2 Å². The first kappa shape index (κ1) is 14.0. The van der Waals surface area contributed by atoms with Crippen molar-refractivity contribution in [1.29, 1.82) is 5.26 Å². The molecule has 2 rings (SSSR count). The molecule has 0 saturated carbocycles. The van der Waals surface area contributed by atoms with Crippen LogP contribution in [0.1, 0.15) is 11.1 Å². The molecule has 2 aromatic carbocycles. The van der Waals surface area contributed by atoms with Crippen LogP contribution in [0.5, 0.6) is 5.75 Å². The van der Waals surface area contributed by atoms with Crippen LogP contribution in [0.3, 0.4) is 0 Å². The van der Waals surface area contributed by atoms with Crippen LogP contribution in [-0.4, -0.2) is 4.92 Å². The van der Waals surface area contributed by atoms with Crippen LogP contribution in [-0.2, 0) is 6.61 Å². The first-order valence-corrected chi connectivity index (χ1v) is 6.45. The zero-order valence-electron chi connectivity index (χ0n) is 10.2. The maximum Gasteiger partial charge on any atom is 0.312 e. The van der Waals surface area contributed by atoms with Gasteiger partial charge in [-0.2, -0.15) is 5.26 Å². The minimum absolute atomic E-state index is 0.150. The van der Waals surface area contributed by atoms with E-state index in [1.54, 1.807) is 0 Å². The van der Waals surface area contributed by atoms with Crippen molar-refractivity contribution < 1.29 is 9.66 Å². The van der Waals surface area contributed by atoms with Gasteiger partial charge in [0.1, 0.15) is 6.61 Å². The Labute approximate surface area is 123 Å². The van der Waals surface area contributed by atoms with Gasteiger partial charge in [0.05, 0.1) is 16.6 Å². The first-order valence-electron chi connectivity index (χ1n) is 5.66. The molecular weight excluding hydrogens is 324 g/mol. The lowest BCUT2D eigenvalue weighted by molar-refractivity contribution is -0.386. The molecule has 0 aliphatic rings. The minimum atomic E-state index is -0.558. The molecule has 20 heavy (non-hydrogen) atoms. The van der Waals surface area contributed by atoms with Crippen LogP contribution >= 0.6 is 15.9 Å². The third-order valence-corrected chi connectivity index (χ3v) is 3.12. The lowest BCUT2D eigenvalue weighted by Crippen LogP contribution is -1.99. The summed E-state index contributed by atoms with van der Waals surface area (Å²) in [6.45, 7) is 0.222. The van der Waals surface area contributed by atoms with E-state index < -0.39 is 4.92 Å². The Morgan fingerprint density at radius 3 is 2.55 bits per heavy atom. The molecule has 100 valence electrons. The van der Waals surface area contributed by atoms with Crippen molar-refractivity contribution in [1.82, 2.24) is 0 Å². The average molecular weight is 333 g/mol. The highest BCUT2D eigenvalue weighted by atomic mass is 79.9. The summed E-state index contributed by atoms with van der Waals surface area (Å²) in [4.78, 5) is 10.4. The number of rotatable bonds is 4. The highest BCUT2D eigenvalue weighted by molar-refractivity contribution is 9.10. The zero-order valence-corrected chi connectivity index (χ0v) is 11.8. The number of ether oxygens (including phenoxy) is 1. The van der Waals surface area contributed by atoms with Gasteiger partial charge in [0.2, 0.25) is 0 Å². The van der Waals surface area contributed by atoms with E-state index in [1.807, 2.05) is 30.3 Å². The van der Waals surface area contributed by atoms with Crippen molar-refractivity contribution in [3.63, 3.8) is 0 Å². The van der Waals surface area contributed by atoms with E-state index in [-0.39, 0.29) is 23.6 Å². The van der Waals surface area contributed by atoms with Crippen molar-refractivity contribution in [3.8, 4) is 11.8 Å². The second-order valence-corrected chi connectivity index (χ2v) is 4.88. The lowest BCUT2D eigenvalue weighted by atomic mass is 10.2. The van der Waals surface area contributed by atoms with Gasteiger partial charge < -0.3 is 4.74 Å². The van der Waals surface area contributed by atoms with Crippen LogP contribution in [0.15, 0.2) is 46.9 Å². The van der Waals surface area contributed by atoms with Gasteiger partial charge in [-0.25, -0.2) is 0 Å². The van der Waals surface area contributed by atoms with Gasteiger partial charge in [-0.1, -0.05) is 28.1 Å². The Hall–Kier alpha value is -2.39. The predicted octanol–water partition coefficient (Wildman–Crippen LogP) is 3.81. The number of nitriles is 1. The molecule has 0 amide bonds. The monoisotopic (exact) mass is 332 g/mol. The van der Waals surface area contributed by atoms with E-state index in [4.69, 9.17) is 10.00 Å². The average Bonchev–Trinajstić information content (AvgIpc) is 2.46. The summed E-state index contributed by atoms with van der Waals surface area (Å²) in [5, 5.41) is 19.7. The minimum Gasteiger partial charge on any atom is -0.482 e. The number of benzene rings is 2. The summed E-state index contributed by atoms with van der Waals surface area (Å²) in [6, 6.07) is 13.5. The molecular formula is C14H9BrN2O3. The Kier molecular flexibility index (Phi) is 4.33. The van der Waals surface area contributed by atoms with Crippen molar-refractivity contribution in [2.24, 2.45) is 0 Å². The van der Waals surface area contributed by atoms with Gasteiger partial charge >= 0.3 is 5.69 Å². The molecule has 0 atom stereocenters. The summed E-state index contributed by atoms with van der Waals surface area (Å²) < 4.78 is 6.41. The number of nitro benzene ring substituents is 1. The number of hydrogen-bond donors (Lipinski definition) is 0. The van der Waals surface area contributed by atoms with E-state index in [1.165, 1.54) is 18.2 Å².